The van der Waals surface area contributed by atoms with Gasteiger partial charge in [0.2, 0.25) is 5.91 Å². The number of hydrazone groups is 1. The number of halogens is 1. The van der Waals surface area contributed by atoms with Crippen molar-refractivity contribution in [2.45, 2.75) is 12.8 Å². The number of hydrogen-bond donors (Lipinski definition) is 2. The lowest BCUT2D eigenvalue weighted by Crippen LogP contribution is -2.26. The second kappa shape index (κ2) is 9.47. The lowest BCUT2D eigenvalue weighted by Gasteiger charge is -2.04. The topological polar surface area (TPSA) is 70.6 Å². The summed E-state index contributed by atoms with van der Waals surface area (Å²) in [6, 6.07) is 16.1. The van der Waals surface area contributed by atoms with E-state index in [0.717, 1.165) is 5.56 Å². The lowest BCUT2D eigenvalue weighted by atomic mass is 10.2. The number of amides is 2. The van der Waals surface area contributed by atoms with Gasteiger partial charge in [0, 0.05) is 23.6 Å². The molecule has 0 bridgehead atoms. The first kappa shape index (κ1) is 17.7. The van der Waals surface area contributed by atoms with Crippen molar-refractivity contribution in [2.75, 3.05) is 6.54 Å². The maximum Gasteiger partial charge on any atom is 0.251 e. The summed E-state index contributed by atoms with van der Waals surface area (Å²) in [7, 11) is 0. The third kappa shape index (κ3) is 6.22. The summed E-state index contributed by atoms with van der Waals surface area (Å²) >= 11 is 5.78. The van der Waals surface area contributed by atoms with Crippen LogP contribution in [0.5, 0.6) is 0 Å². The molecule has 0 unspecified atom stereocenters. The van der Waals surface area contributed by atoms with Crippen LogP contribution in [0.4, 0.5) is 0 Å². The average Bonchev–Trinajstić information content (AvgIpc) is 2.61. The number of nitrogens with one attached hydrogen (secondary N) is 2. The fraction of sp³-hybridized carbons (Fsp3) is 0.167. The Morgan fingerprint density at radius 2 is 1.75 bits per heavy atom. The van der Waals surface area contributed by atoms with Crippen LogP contribution in [0.15, 0.2) is 59.7 Å². The molecule has 124 valence electrons. The summed E-state index contributed by atoms with van der Waals surface area (Å²) in [5, 5.41) is 7.30. The highest BCUT2D eigenvalue weighted by Crippen LogP contribution is 2.07. The number of nitrogens with zero attached hydrogens (tertiary/aromatic N) is 1. The summed E-state index contributed by atoms with van der Waals surface area (Å²) in [6.45, 7) is 0.433. The molecule has 0 spiro atoms. The molecule has 0 aromatic heterocycles. The third-order valence-corrected chi connectivity index (χ3v) is 3.43. The molecule has 0 saturated carbocycles. The molecular weight excluding hydrogens is 326 g/mol. The zero-order valence-electron chi connectivity index (χ0n) is 13.0. The number of carbonyl (C=O) groups is 2. The molecule has 0 aliphatic carbocycles. The van der Waals surface area contributed by atoms with E-state index in [1.165, 1.54) is 0 Å². The highest BCUT2D eigenvalue weighted by atomic mass is 35.5. The largest absolute Gasteiger partial charge is 0.352 e. The third-order valence-electron chi connectivity index (χ3n) is 3.18. The van der Waals surface area contributed by atoms with Gasteiger partial charge in [-0.1, -0.05) is 41.9 Å². The van der Waals surface area contributed by atoms with Crippen LogP contribution in [0.3, 0.4) is 0 Å². The van der Waals surface area contributed by atoms with Gasteiger partial charge in [-0.15, -0.1) is 0 Å². The summed E-state index contributed by atoms with van der Waals surface area (Å²) in [5.41, 5.74) is 3.90. The minimum atomic E-state index is -0.200. The van der Waals surface area contributed by atoms with Crippen molar-refractivity contribution in [3.05, 3.63) is 70.7 Å². The van der Waals surface area contributed by atoms with Gasteiger partial charge in [0.1, 0.15) is 0 Å². The molecule has 0 aliphatic heterocycles. The van der Waals surface area contributed by atoms with Crippen LogP contribution in [0.1, 0.15) is 28.8 Å². The Morgan fingerprint density at radius 1 is 1.04 bits per heavy atom. The molecule has 0 saturated heterocycles. The van der Waals surface area contributed by atoms with Crippen LogP contribution in [0, 0.1) is 0 Å². The van der Waals surface area contributed by atoms with E-state index in [4.69, 9.17) is 11.6 Å². The van der Waals surface area contributed by atoms with Crippen molar-refractivity contribution in [1.82, 2.24) is 10.7 Å². The van der Waals surface area contributed by atoms with Gasteiger partial charge in [0.05, 0.1) is 6.21 Å². The van der Waals surface area contributed by atoms with Crippen LogP contribution in [0.2, 0.25) is 5.02 Å². The maximum atomic E-state index is 11.8. The molecular formula is C18H18ClN3O2. The fourth-order valence-corrected chi connectivity index (χ4v) is 2.05. The monoisotopic (exact) mass is 343 g/mol. The lowest BCUT2D eigenvalue weighted by molar-refractivity contribution is -0.121. The van der Waals surface area contributed by atoms with Gasteiger partial charge in [-0.05, 0) is 36.2 Å². The summed E-state index contributed by atoms with van der Waals surface area (Å²) in [4.78, 5) is 23.4. The Hall–Kier alpha value is -2.66. The molecule has 2 rings (SSSR count). The molecule has 5 nitrogen and oxygen atoms in total. The van der Waals surface area contributed by atoms with Crippen molar-refractivity contribution in [3.8, 4) is 0 Å². The summed E-state index contributed by atoms with van der Waals surface area (Å²) < 4.78 is 0. The van der Waals surface area contributed by atoms with Crippen molar-refractivity contribution in [2.24, 2.45) is 5.10 Å². The Labute approximate surface area is 145 Å². The highest BCUT2D eigenvalue weighted by Gasteiger charge is 2.04. The molecule has 2 N–H and O–H groups in total. The smallest absolute Gasteiger partial charge is 0.251 e. The number of rotatable bonds is 7. The Kier molecular flexibility index (Phi) is 6.98. The minimum Gasteiger partial charge on any atom is -0.352 e. The van der Waals surface area contributed by atoms with E-state index in [1.807, 2.05) is 6.07 Å². The molecule has 2 aromatic carbocycles. The molecule has 2 amide bonds. The van der Waals surface area contributed by atoms with Gasteiger partial charge in [-0.25, -0.2) is 5.43 Å². The van der Waals surface area contributed by atoms with Gasteiger partial charge in [0.15, 0.2) is 0 Å². The first-order valence-corrected chi connectivity index (χ1v) is 7.93. The zero-order chi connectivity index (χ0) is 17.2. The van der Waals surface area contributed by atoms with E-state index < -0.39 is 0 Å². The van der Waals surface area contributed by atoms with Gasteiger partial charge >= 0.3 is 0 Å². The quantitative estimate of drug-likeness (QED) is 0.461. The summed E-state index contributed by atoms with van der Waals surface area (Å²) in [6.07, 6.45) is 2.37. The highest BCUT2D eigenvalue weighted by molar-refractivity contribution is 6.30. The fourth-order valence-electron chi connectivity index (χ4n) is 1.93. The zero-order valence-corrected chi connectivity index (χ0v) is 13.8. The van der Waals surface area contributed by atoms with Gasteiger partial charge in [-0.3, -0.25) is 9.59 Å². The SMILES string of the molecule is O=C(CCCNC(=O)c1ccccc1)NN=Cc1ccc(Cl)cc1. The minimum absolute atomic E-state index is 0.142. The first-order chi connectivity index (χ1) is 11.6. The van der Waals surface area contributed by atoms with Gasteiger partial charge < -0.3 is 5.32 Å². The van der Waals surface area contributed by atoms with E-state index in [-0.39, 0.29) is 18.2 Å². The molecule has 0 aliphatic rings. The van der Waals surface area contributed by atoms with E-state index in [2.05, 4.69) is 15.8 Å². The van der Waals surface area contributed by atoms with E-state index >= 15 is 0 Å². The van der Waals surface area contributed by atoms with Crippen LogP contribution < -0.4 is 10.7 Å². The van der Waals surface area contributed by atoms with Crippen LogP contribution in [-0.2, 0) is 4.79 Å². The Morgan fingerprint density at radius 3 is 2.46 bits per heavy atom. The first-order valence-electron chi connectivity index (χ1n) is 7.56. The molecule has 0 radical (unpaired) electrons. The predicted molar refractivity (Wildman–Crippen MR) is 95.2 cm³/mol. The van der Waals surface area contributed by atoms with Crippen LogP contribution >= 0.6 is 11.6 Å². The van der Waals surface area contributed by atoms with Crippen molar-refractivity contribution in [1.29, 1.82) is 0 Å². The summed E-state index contributed by atoms with van der Waals surface area (Å²) in [5.74, 6) is -0.342. The van der Waals surface area contributed by atoms with E-state index in [9.17, 15) is 9.59 Å². The van der Waals surface area contributed by atoms with E-state index in [1.54, 1.807) is 54.7 Å². The Balaban J connectivity index is 1.63. The molecule has 0 atom stereocenters. The molecule has 0 heterocycles. The molecule has 2 aromatic rings. The van der Waals surface area contributed by atoms with E-state index in [0.29, 0.717) is 23.6 Å². The van der Waals surface area contributed by atoms with Gasteiger partial charge in [0.25, 0.3) is 5.91 Å². The molecule has 6 heteroatoms. The number of hydrogen-bond acceptors (Lipinski definition) is 3. The molecule has 0 fully saturated rings. The van der Waals surface area contributed by atoms with Crippen molar-refractivity contribution >= 4 is 29.6 Å². The molecule has 24 heavy (non-hydrogen) atoms. The van der Waals surface area contributed by atoms with Crippen molar-refractivity contribution < 1.29 is 9.59 Å². The normalized spacial score (nSPS) is 10.5. The second-order valence-corrected chi connectivity index (χ2v) is 5.51. The van der Waals surface area contributed by atoms with Crippen molar-refractivity contribution in [3.63, 3.8) is 0 Å². The Bertz CT molecular complexity index is 700. The number of benzene rings is 2. The van der Waals surface area contributed by atoms with Crippen LogP contribution in [-0.4, -0.2) is 24.6 Å². The number of carbonyl (C=O) groups excluding carboxylic acids is 2. The second-order valence-electron chi connectivity index (χ2n) is 5.07. The predicted octanol–water partition coefficient (Wildman–Crippen LogP) is 3.00. The van der Waals surface area contributed by atoms with Gasteiger partial charge in [-0.2, -0.15) is 5.10 Å². The van der Waals surface area contributed by atoms with Crippen LogP contribution in [0.25, 0.3) is 0 Å². The average molecular weight is 344 g/mol. The maximum absolute atomic E-state index is 11.8. The standard InChI is InChI=1S/C18H18ClN3O2/c19-16-10-8-14(9-11-16)13-21-22-17(23)7-4-12-20-18(24)15-5-2-1-3-6-15/h1-3,5-6,8-11,13H,4,7,12H2,(H,20,24)(H,22,23).